The lowest BCUT2D eigenvalue weighted by Crippen LogP contribution is -2.37. The topological polar surface area (TPSA) is 138 Å². The Morgan fingerprint density at radius 3 is 2.14 bits per heavy atom. The number of nitrogens with one attached hydrogen (secondary N) is 3. The molecule has 1 aliphatic heterocycles. The van der Waals surface area contributed by atoms with E-state index >= 15 is 0 Å². The Bertz CT molecular complexity index is 667. The van der Waals surface area contributed by atoms with E-state index in [-0.39, 0.29) is 60.4 Å². The van der Waals surface area contributed by atoms with Crippen LogP contribution in [0.2, 0.25) is 0 Å². The molecule has 162 valence electrons. The van der Waals surface area contributed by atoms with Gasteiger partial charge in [-0.25, -0.2) is 0 Å². The lowest BCUT2D eigenvalue weighted by Gasteiger charge is -2.25. The summed E-state index contributed by atoms with van der Waals surface area (Å²) in [5, 5.41) is 10.3. The zero-order valence-corrected chi connectivity index (χ0v) is 17.2. The number of hydroxylamine groups is 1. The van der Waals surface area contributed by atoms with E-state index in [1.54, 1.807) is 0 Å². The second-order valence-electron chi connectivity index (χ2n) is 6.15. The van der Waals surface area contributed by atoms with Crippen molar-refractivity contribution in [2.24, 2.45) is 5.10 Å². The number of amides is 2. The van der Waals surface area contributed by atoms with E-state index in [2.05, 4.69) is 21.3 Å². The van der Waals surface area contributed by atoms with E-state index in [4.69, 9.17) is 21.2 Å². The van der Waals surface area contributed by atoms with Gasteiger partial charge in [-0.05, 0) is 26.7 Å². The predicted molar refractivity (Wildman–Crippen MR) is 104 cm³/mol. The molecule has 1 rings (SSSR count). The van der Waals surface area contributed by atoms with Crippen molar-refractivity contribution in [3.63, 3.8) is 0 Å². The van der Waals surface area contributed by atoms with E-state index in [0.717, 1.165) is 5.17 Å². The van der Waals surface area contributed by atoms with Gasteiger partial charge in [0, 0.05) is 13.1 Å². The van der Waals surface area contributed by atoms with Crippen LogP contribution in [0.5, 0.6) is 0 Å². The fourth-order valence-corrected chi connectivity index (χ4v) is 2.22. The second-order valence-corrected chi connectivity index (χ2v) is 6.51. The Kier molecular flexibility index (Phi) is 11.4. The van der Waals surface area contributed by atoms with Crippen molar-refractivity contribution in [2.45, 2.75) is 39.5 Å². The first kappa shape index (κ1) is 24.4. The summed E-state index contributed by atoms with van der Waals surface area (Å²) in [5.74, 6) is -0.757. The number of Topliss-reactive ketones (excluding diaryl/α,β-unsaturated/α-hetero) is 2. The van der Waals surface area contributed by atoms with Crippen LogP contribution in [0.4, 0.5) is 0 Å². The number of hydrogen-bond acceptors (Lipinski definition) is 9. The van der Waals surface area contributed by atoms with Crippen LogP contribution in [0.3, 0.4) is 0 Å². The largest absolute Gasteiger partial charge is 0.489 e. The molecule has 29 heavy (non-hydrogen) atoms. The molecular weight excluding hydrogens is 406 g/mol. The van der Waals surface area contributed by atoms with E-state index in [1.807, 2.05) is 0 Å². The average Bonchev–Trinajstić information content (AvgIpc) is 2.62. The van der Waals surface area contributed by atoms with Crippen molar-refractivity contribution in [2.75, 3.05) is 26.3 Å². The maximum atomic E-state index is 11.4. The zero-order valence-electron chi connectivity index (χ0n) is 16.5. The summed E-state index contributed by atoms with van der Waals surface area (Å²) in [5.41, 5.74) is 2.55. The Morgan fingerprint density at radius 2 is 1.59 bits per heavy atom. The van der Waals surface area contributed by atoms with Gasteiger partial charge in [0.2, 0.25) is 11.8 Å². The molecule has 12 heteroatoms. The number of hydrazone groups is 1. The van der Waals surface area contributed by atoms with Crippen molar-refractivity contribution in [1.82, 2.24) is 21.3 Å². The molecule has 0 aromatic heterocycles. The molecule has 0 bridgehead atoms. The highest BCUT2D eigenvalue weighted by atomic mass is 35.5. The van der Waals surface area contributed by atoms with E-state index in [1.165, 1.54) is 20.1 Å². The number of allylic oxidation sites excluding steroid dienone is 1. The molecule has 0 aromatic rings. The summed E-state index contributed by atoms with van der Waals surface area (Å²) in [7, 11) is 0. The number of rotatable bonds is 14. The molecule has 0 saturated heterocycles. The number of nitrogens with zero attached hydrogens (tertiary/aromatic N) is 2. The zero-order chi connectivity index (χ0) is 21.6. The van der Waals surface area contributed by atoms with Gasteiger partial charge >= 0.3 is 0 Å². The van der Waals surface area contributed by atoms with Crippen LogP contribution in [0.15, 0.2) is 16.0 Å². The number of ketones is 2. The Morgan fingerprint density at radius 1 is 1.03 bits per heavy atom. The summed E-state index contributed by atoms with van der Waals surface area (Å²) in [6.07, 6.45) is 2.12. The standard InChI is InChI=1S/C17H26ClN5O6/c1-12(24)9-15(26)19-5-3-7-28-14-11-21-22-23(17(14)18)29-8-4-6-20-16(27)10-13(2)25/h11,22H,3-10H2,1-2H3,(H,19,26)(H,20,27). The van der Waals surface area contributed by atoms with Crippen LogP contribution in [0.1, 0.15) is 39.5 Å². The van der Waals surface area contributed by atoms with Gasteiger partial charge in [0.1, 0.15) is 11.6 Å². The number of carbonyl (C=O) groups is 4. The minimum atomic E-state index is -0.329. The summed E-state index contributed by atoms with van der Waals surface area (Å²) in [4.78, 5) is 49.8. The summed E-state index contributed by atoms with van der Waals surface area (Å²) in [6, 6.07) is 0. The first-order valence-electron chi connectivity index (χ1n) is 9.06. The molecule has 3 N–H and O–H groups in total. The Balaban J connectivity index is 2.24. The van der Waals surface area contributed by atoms with Crippen LogP contribution in [-0.2, 0) is 28.8 Å². The minimum absolute atomic E-state index is 0.136. The van der Waals surface area contributed by atoms with Crippen molar-refractivity contribution >= 4 is 41.2 Å². The quantitative estimate of drug-likeness (QED) is 0.200. The molecule has 0 aromatic carbocycles. The van der Waals surface area contributed by atoms with Crippen LogP contribution in [-0.4, -0.2) is 61.1 Å². The highest BCUT2D eigenvalue weighted by Gasteiger charge is 2.18. The lowest BCUT2D eigenvalue weighted by atomic mass is 10.3. The predicted octanol–water partition coefficient (Wildman–Crippen LogP) is 0.119. The Hall–Kier alpha value is -2.66. The normalized spacial score (nSPS) is 13.0. The van der Waals surface area contributed by atoms with E-state index in [0.29, 0.717) is 25.9 Å². The molecule has 0 fully saturated rings. The van der Waals surface area contributed by atoms with Crippen molar-refractivity contribution < 1.29 is 28.8 Å². The van der Waals surface area contributed by atoms with Gasteiger partial charge in [-0.1, -0.05) is 11.6 Å². The van der Waals surface area contributed by atoms with E-state index < -0.39 is 0 Å². The highest BCUT2D eigenvalue weighted by Crippen LogP contribution is 2.17. The molecular formula is C17H26ClN5O6. The van der Waals surface area contributed by atoms with Crippen LogP contribution in [0, 0.1) is 0 Å². The van der Waals surface area contributed by atoms with Crippen LogP contribution >= 0.6 is 11.6 Å². The third-order valence-corrected chi connectivity index (χ3v) is 3.64. The summed E-state index contributed by atoms with van der Waals surface area (Å²) in [6.45, 7) is 3.92. The molecule has 0 unspecified atom stereocenters. The third kappa shape index (κ3) is 11.1. The highest BCUT2D eigenvalue weighted by molar-refractivity contribution is 6.30. The average molecular weight is 432 g/mol. The number of carbonyl (C=O) groups excluding carboxylic acids is 4. The molecule has 0 saturated carbocycles. The fraction of sp³-hybridized carbons (Fsp3) is 0.588. The minimum Gasteiger partial charge on any atom is -0.489 e. The Labute approximate surface area is 173 Å². The van der Waals surface area contributed by atoms with Gasteiger partial charge in [0.05, 0.1) is 32.3 Å². The molecule has 0 aliphatic carbocycles. The molecule has 1 aliphatic rings. The molecule has 0 spiro atoms. The van der Waals surface area contributed by atoms with Crippen molar-refractivity contribution in [1.29, 1.82) is 0 Å². The smallest absolute Gasteiger partial charge is 0.227 e. The lowest BCUT2D eigenvalue weighted by molar-refractivity contribution is -0.165. The molecule has 0 radical (unpaired) electrons. The van der Waals surface area contributed by atoms with Gasteiger partial charge in [0.15, 0.2) is 10.9 Å². The first-order valence-corrected chi connectivity index (χ1v) is 9.44. The first-order chi connectivity index (χ1) is 13.8. The summed E-state index contributed by atoms with van der Waals surface area (Å²) < 4.78 is 5.51. The van der Waals surface area contributed by atoms with Crippen LogP contribution < -0.4 is 16.2 Å². The number of hydrogen-bond donors (Lipinski definition) is 3. The SMILES string of the molecule is CC(=O)CC(=O)NCCCOC1=C(Cl)N(OCCCNC(=O)CC(C)=O)NN=C1. The van der Waals surface area contributed by atoms with E-state index in [9.17, 15) is 19.2 Å². The molecule has 11 nitrogen and oxygen atoms in total. The second kappa shape index (κ2) is 13.5. The number of halogens is 1. The fourth-order valence-electron chi connectivity index (χ4n) is 2.03. The molecule has 0 atom stereocenters. The maximum Gasteiger partial charge on any atom is 0.227 e. The number of ether oxygens (including phenoxy) is 1. The van der Waals surface area contributed by atoms with Gasteiger partial charge in [-0.3, -0.25) is 24.0 Å². The van der Waals surface area contributed by atoms with Gasteiger partial charge in [-0.2, -0.15) is 10.6 Å². The van der Waals surface area contributed by atoms with Crippen molar-refractivity contribution in [3.05, 3.63) is 10.9 Å². The van der Waals surface area contributed by atoms with Gasteiger partial charge in [-0.15, -0.1) is 5.17 Å². The molecule has 1 heterocycles. The van der Waals surface area contributed by atoms with Gasteiger partial charge in [0.25, 0.3) is 0 Å². The maximum absolute atomic E-state index is 11.4. The summed E-state index contributed by atoms with van der Waals surface area (Å²) >= 11 is 6.18. The van der Waals surface area contributed by atoms with Gasteiger partial charge < -0.3 is 15.4 Å². The third-order valence-electron chi connectivity index (χ3n) is 3.30. The van der Waals surface area contributed by atoms with Crippen LogP contribution in [0.25, 0.3) is 0 Å². The van der Waals surface area contributed by atoms with Crippen molar-refractivity contribution in [3.8, 4) is 0 Å². The monoisotopic (exact) mass is 431 g/mol. The number of hydrazine groups is 1. The molecule has 2 amide bonds.